The fraction of sp³-hybridized carbons (Fsp3) is 0.400. The van der Waals surface area contributed by atoms with E-state index >= 15 is 0 Å². The minimum absolute atomic E-state index is 0.143. The number of halogens is 1. The van der Waals surface area contributed by atoms with E-state index in [1.165, 1.54) is 37.7 Å². The molecular weight excluding hydrogens is 334 g/mol. The van der Waals surface area contributed by atoms with Crippen LogP contribution in [0.5, 0.6) is 0 Å². The summed E-state index contributed by atoms with van der Waals surface area (Å²) in [5.74, 6) is 0.716. The van der Waals surface area contributed by atoms with Gasteiger partial charge in [-0.2, -0.15) is 0 Å². The monoisotopic (exact) mass is 357 g/mol. The standard InChI is InChI=1S/C20H24ClN3O/c1-15-8-10-24(11-9-15)14-17-4-2-16(3-5-17)12-23-20(25)18-6-7-19(21)22-13-18/h2-7,13,15H,8-12,14H2,1H3,(H,23,25). The van der Waals surface area contributed by atoms with Gasteiger partial charge in [0.1, 0.15) is 5.15 Å². The Hall–Kier alpha value is -1.91. The van der Waals surface area contributed by atoms with Crippen LogP contribution in [0.4, 0.5) is 0 Å². The Labute approximate surface area is 154 Å². The van der Waals surface area contributed by atoms with Gasteiger partial charge in [0.15, 0.2) is 0 Å². The van der Waals surface area contributed by atoms with Gasteiger partial charge in [-0.15, -0.1) is 0 Å². The number of carbonyl (C=O) groups excluding carboxylic acids is 1. The highest BCUT2D eigenvalue weighted by Crippen LogP contribution is 2.18. The van der Waals surface area contributed by atoms with E-state index in [0.717, 1.165) is 18.0 Å². The first-order valence-electron chi connectivity index (χ1n) is 8.80. The summed E-state index contributed by atoms with van der Waals surface area (Å²) in [5, 5.41) is 3.29. The minimum atomic E-state index is -0.143. The number of amides is 1. The molecule has 25 heavy (non-hydrogen) atoms. The average Bonchev–Trinajstić information content (AvgIpc) is 2.63. The number of aromatic nitrogens is 1. The summed E-state index contributed by atoms with van der Waals surface area (Å²) in [5.41, 5.74) is 2.93. The zero-order valence-electron chi connectivity index (χ0n) is 14.5. The van der Waals surface area contributed by atoms with Gasteiger partial charge in [-0.25, -0.2) is 4.98 Å². The molecule has 3 rings (SSSR count). The van der Waals surface area contributed by atoms with E-state index in [-0.39, 0.29) is 5.91 Å². The minimum Gasteiger partial charge on any atom is -0.348 e. The third kappa shape index (κ3) is 5.28. The lowest BCUT2D eigenvalue weighted by molar-refractivity contribution is 0.0950. The van der Waals surface area contributed by atoms with E-state index in [2.05, 4.69) is 46.4 Å². The van der Waals surface area contributed by atoms with Crippen LogP contribution in [0.3, 0.4) is 0 Å². The summed E-state index contributed by atoms with van der Waals surface area (Å²) in [6.07, 6.45) is 4.08. The average molecular weight is 358 g/mol. The van der Waals surface area contributed by atoms with Crippen molar-refractivity contribution < 1.29 is 4.79 Å². The van der Waals surface area contributed by atoms with Gasteiger partial charge in [-0.3, -0.25) is 9.69 Å². The van der Waals surface area contributed by atoms with Crippen molar-refractivity contribution in [2.75, 3.05) is 13.1 Å². The number of likely N-dealkylation sites (tertiary alicyclic amines) is 1. The predicted molar refractivity (Wildman–Crippen MR) is 101 cm³/mol. The summed E-state index contributed by atoms with van der Waals surface area (Å²) in [7, 11) is 0. The fourth-order valence-electron chi connectivity index (χ4n) is 3.04. The number of nitrogens with zero attached hydrogens (tertiary/aromatic N) is 2. The molecule has 2 aromatic rings. The van der Waals surface area contributed by atoms with Gasteiger partial charge in [0, 0.05) is 19.3 Å². The number of nitrogens with one attached hydrogen (secondary N) is 1. The van der Waals surface area contributed by atoms with Crippen LogP contribution in [0.25, 0.3) is 0 Å². The van der Waals surface area contributed by atoms with Gasteiger partial charge in [0.2, 0.25) is 0 Å². The molecule has 0 bridgehead atoms. The zero-order chi connectivity index (χ0) is 17.6. The molecular formula is C20H24ClN3O. The number of piperidine rings is 1. The van der Waals surface area contributed by atoms with E-state index in [9.17, 15) is 4.79 Å². The zero-order valence-corrected chi connectivity index (χ0v) is 15.3. The molecule has 0 radical (unpaired) electrons. The van der Waals surface area contributed by atoms with Gasteiger partial charge in [-0.1, -0.05) is 42.8 Å². The van der Waals surface area contributed by atoms with Crippen molar-refractivity contribution >= 4 is 17.5 Å². The van der Waals surface area contributed by atoms with Gasteiger partial charge in [-0.05, 0) is 55.1 Å². The summed E-state index contributed by atoms with van der Waals surface area (Å²) in [6.45, 7) is 6.22. The molecule has 1 aromatic heterocycles. The van der Waals surface area contributed by atoms with Crippen molar-refractivity contribution in [1.82, 2.24) is 15.2 Å². The van der Waals surface area contributed by atoms with Crippen LogP contribution in [0.15, 0.2) is 42.6 Å². The molecule has 132 valence electrons. The predicted octanol–water partition coefficient (Wildman–Crippen LogP) is 3.90. The normalized spacial score (nSPS) is 15.9. The second-order valence-corrected chi connectivity index (χ2v) is 7.21. The Morgan fingerprint density at radius 3 is 2.48 bits per heavy atom. The maximum Gasteiger partial charge on any atom is 0.253 e. The van der Waals surface area contributed by atoms with Gasteiger partial charge in [0.05, 0.1) is 5.56 Å². The maximum atomic E-state index is 12.1. The number of hydrogen-bond donors (Lipinski definition) is 1. The number of carbonyl (C=O) groups is 1. The Balaban J connectivity index is 1.49. The molecule has 1 saturated heterocycles. The lowest BCUT2D eigenvalue weighted by Crippen LogP contribution is -2.32. The highest BCUT2D eigenvalue weighted by molar-refractivity contribution is 6.29. The molecule has 2 heterocycles. The number of pyridine rings is 1. The Bertz CT molecular complexity index is 692. The van der Waals surface area contributed by atoms with Crippen LogP contribution < -0.4 is 5.32 Å². The molecule has 4 nitrogen and oxygen atoms in total. The lowest BCUT2D eigenvalue weighted by Gasteiger charge is -2.30. The molecule has 0 aliphatic carbocycles. The molecule has 1 aliphatic rings. The first kappa shape index (κ1) is 17.9. The second kappa shape index (κ2) is 8.45. The molecule has 0 saturated carbocycles. The van der Waals surface area contributed by atoms with Crippen molar-refractivity contribution in [3.05, 3.63) is 64.4 Å². The van der Waals surface area contributed by atoms with Crippen molar-refractivity contribution in [3.8, 4) is 0 Å². The molecule has 0 atom stereocenters. The topological polar surface area (TPSA) is 45.2 Å². The van der Waals surface area contributed by atoms with Crippen LogP contribution in [0.1, 0.15) is 41.3 Å². The van der Waals surface area contributed by atoms with Crippen LogP contribution in [-0.4, -0.2) is 28.9 Å². The van der Waals surface area contributed by atoms with Crippen LogP contribution in [-0.2, 0) is 13.1 Å². The highest BCUT2D eigenvalue weighted by atomic mass is 35.5. The molecule has 1 fully saturated rings. The van der Waals surface area contributed by atoms with Gasteiger partial charge >= 0.3 is 0 Å². The molecule has 0 spiro atoms. The van der Waals surface area contributed by atoms with E-state index in [4.69, 9.17) is 11.6 Å². The van der Waals surface area contributed by atoms with Gasteiger partial charge < -0.3 is 5.32 Å². The van der Waals surface area contributed by atoms with Crippen LogP contribution in [0, 0.1) is 5.92 Å². The Morgan fingerprint density at radius 1 is 1.16 bits per heavy atom. The molecule has 1 amide bonds. The molecule has 0 unspecified atom stereocenters. The van der Waals surface area contributed by atoms with Crippen LogP contribution in [0.2, 0.25) is 5.15 Å². The first-order valence-corrected chi connectivity index (χ1v) is 9.18. The van der Waals surface area contributed by atoms with Crippen LogP contribution >= 0.6 is 11.6 Å². The van der Waals surface area contributed by atoms with E-state index < -0.39 is 0 Å². The largest absolute Gasteiger partial charge is 0.348 e. The van der Waals surface area contributed by atoms with Crippen molar-refractivity contribution in [2.45, 2.75) is 32.9 Å². The lowest BCUT2D eigenvalue weighted by atomic mass is 9.99. The van der Waals surface area contributed by atoms with E-state index in [0.29, 0.717) is 17.3 Å². The Morgan fingerprint density at radius 2 is 1.84 bits per heavy atom. The second-order valence-electron chi connectivity index (χ2n) is 6.83. The summed E-state index contributed by atoms with van der Waals surface area (Å²) >= 11 is 5.73. The third-order valence-electron chi connectivity index (χ3n) is 4.75. The smallest absolute Gasteiger partial charge is 0.253 e. The summed E-state index contributed by atoms with van der Waals surface area (Å²) in [4.78, 5) is 18.5. The van der Waals surface area contributed by atoms with E-state index in [1.54, 1.807) is 12.1 Å². The van der Waals surface area contributed by atoms with Gasteiger partial charge in [0.25, 0.3) is 5.91 Å². The number of rotatable bonds is 5. The van der Waals surface area contributed by atoms with Crippen molar-refractivity contribution in [3.63, 3.8) is 0 Å². The molecule has 1 aromatic carbocycles. The molecule has 5 heteroatoms. The first-order chi connectivity index (χ1) is 12.1. The maximum absolute atomic E-state index is 12.1. The van der Waals surface area contributed by atoms with E-state index in [1.807, 2.05) is 0 Å². The van der Waals surface area contributed by atoms with Crippen molar-refractivity contribution in [1.29, 1.82) is 0 Å². The molecule has 1 N–H and O–H groups in total. The quantitative estimate of drug-likeness (QED) is 0.825. The Kier molecular flexibility index (Phi) is 6.05. The SMILES string of the molecule is CC1CCN(Cc2ccc(CNC(=O)c3ccc(Cl)nc3)cc2)CC1. The number of hydrogen-bond acceptors (Lipinski definition) is 3. The van der Waals surface area contributed by atoms with Crippen molar-refractivity contribution in [2.24, 2.45) is 5.92 Å². The third-order valence-corrected chi connectivity index (χ3v) is 4.97. The summed E-state index contributed by atoms with van der Waals surface area (Å²) < 4.78 is 0. The number of benzene rings is 1. The highest BCUT2D eigenvalue weighted by Gasteiger charge is 2.15. The molecule has 1 aliphatic heterocycles. The summed E-state index contributed by atoms with van der Waals surface area (Å²) in [6, 6.07) is 11.8. The fourth-order valence-corrected chi connectivity index (χ4v) is 3.15.